The number of halogens is 2. The van der Waals surface area contributed by atoms with Crippen LogP contribution in [0.5, 0.6) is 0 Å². The summed E-state index contributed by atoms with van der Waals surface area (Å²) in [6, 6.07) is 8.84. The topological polar surface area (TPSA) is 20.2 Å². The third-order valence-corrected chi connectivity index (χ3v) is 3.37. The molecule has 0 heterocycles. The van der Waals surface area contributed by atoms with Crippen molar-refractivity contribution in [1.29, 1.82) is 0 Å². The van der Waals surface area contributed by atoms with Crippen LogP contribution in [0.3, 0.4) is 0 Å². The van der Waals surface area contributed by atoms with Gasteiger partial charge in [0.15, 0.2) is 0 Å². The van der Waals surface area contributed by atoms with E-state index >= 15 is 0 Å². The molecule has 0 radical (unpaired) electrons. The molecule has 0 fully saturated rings. The minimum atomic E-state index is -1.49. The fourth-order valence-corrected chi connectivity index (χ4v) is 2.29. The van der Waals surface area contributed by atoms with E-state index in [1.807, 2.05) is 32.0 Å². The number of benzene rings is 2. The van der Waals surface area contributed by atoms with Crippen molar-refractivity contribution in [2.75, 3.05) is 0 Å². The molecule has 0 saturated heterocycles. The van der Waals surface area contributed by atoms with E-state index in [-0.39, 0.29) is 5.56 Å². The van der Waals surface area contributed by atoms with Crippen LogP contribution in [0.15, 0.2) is 36.4 Å². The molecule has 1 nitrogen and oxygen atoms in total. The van der Waals surface area contributed by atoms with Gasteiger partial charge in [0.1, 0.15) is 17.2 Å². The third kappa shape index (κ3) is 2.51. The second kappa shape index (κ2) is 4.74. The van der Waals surface area contributed by atoms with Gasteiger partial charge in [-0.3, -0.25) is 0 Å². The summed E-state index contributed by atoms with van der Waals surface area (Å²) in [5.41, 5.74) is 1.04. The van der Waals surface area contributed by atoms with Crippen molar-refractivity contribution in [3.05, 3.63) is 70.3 Å². The Morgan fingerprint density at radius 2 is 1.63 bits per heavy atom. The highest BCUT2D eigenvalue weighted by molar-refractivity contribution is 5.42. The molecular weight excluding hydrogens is 246 g/mol. The molecule has 0 aliphatic heterocycles. The normalized spacial score (nSPS) is 14.2. The second-order valence-corrected chi connectivity index (χ2v) is 5.01. The Bertz CT molecular complexity index is 618. The standard InChI is InChI=1S/C16H16F2O/c1-10-4-5-11(2)14(8-10)16(3,19)13-7-6-12(17)9-15(13)18/h4-9,19H,1-3H3. The van der Waals surface area contributed by atoms with Gasteiger partial charge in [-0.15, -0.1) is 0 Å². The number of hydrogen-bond acceptors (Lipinski definition) is 1. The second-order valence-electron chi connectivity index (χ2n) is 5.01. The summed E-state index contributed by atoms with van der Waals surface area (Å²) in [6.07, 6.45) is 0. The molecule has 0 bridgehead atoms. The first-order valence-electron chi connectivity index (χ1n) is 6.08. The molecule has 0 aliphatic carbocycles. The van der Waals surface area contributed by atoms with E-state index in [1.54, 1.807) is 0 Å². The van der Waals surface area contributed by atoms with Crippen molar-refractivity contribution < 1.29 is 13.9 Å². The highest BCUT2D eigenvalue weighted by Crippen LogP contribution is 2.33. The van der Waals surface area contributed by atoms with Crippen LogP contribution in [0.1, 0.15) is 29.2 Å². The monoisotopic (exact) mass is 262 g/mol. The summed E-state index contributed by atoms with van der Waals surface area (Å²) in [5.74, 6) is -1.40. The lowest BCUT2D eigenvalue weighted by Crippen LogP contribution is -2.25. The van der Waals surface area contributed by atoms with E-state index < -0.39 is 17.2 Å². The zero-order valence-electron chi connectivity index (χ0n) is 11.2. The lowest BCUT2D eigenvalue weighted by atomic mass is 9.84. The van der Waals surface area contributed by atoms with Gasteiger partial charge in [0.2, 0.25) is 0 Å². The predicted molar refractivity (Wildman–Crippen MR) is 70.9 cm³/mol. The molecule has 2 aromatic carbocycles. The van der Waals surface area contributed by atoms with Gasteiger partial charge in [0.25, 0.3) is 0 Å². The van der Waals surface area contributed by atoms with E-state index in [0.29, 0.717) is 5.56 Å². The number of aliphatic hydroxyl groups is 1. The summed E-state index contributed by atoms with van der Waals surface area (Å²) in [5, 5.41) is 10.7. The van der Waals surface area contributed by atoms with Gasteiger partial charge in [-0.05, 0) is 44.0 Å². The molecule has 0 saturated carbocycles. The quantitative estimate of drug-likeness (QED) is 0.872. The van der Waals surface area contributed by atoms with Crippen LogP contribution in [0.4, 0.5) is 8.78 Å². The van der Waals surface area contributed by atoms with E-state index in [2.05, 4.69) is 0 Å². The summed E-state index contributed by atoms with van der Waals surface area (Å²) in [4.78, 5) is 0. The predicted octanol–water partition coefficient (Wildman–Crippen LogP) is 3.84. The van der Waals surface area contributed by atoms with Crippen LogP contribution in [0, 0.1) is 25.5 Å². The minimum Gasteiger partial charge on any atom is -0.381 e. The lowest BCUT2D eigenvalue weighted by Gasteiger charge is -2.27. The van der Waals surface area contributed by atoms with Crippen LogP contribution in [-0.4, -0.2) is 5.11 Å². The number of hydrogen-bond donors (Lipinski definition) is 1. The highest BCUT2D eigenvalue weighted by Gasteiger charge is 2.30. The van der Waals surface area contributed by atoms with Gasteiger partial charge in [0.05, 0.1) is 0 Å². The minimum absolute atomic E-state index is 0.0719. The third-order valence-electron chi connectivity index (χ3n) is 3.37. The molecule has 100 valence electrons. The van der Waals surface area contributed by atoms with Crippen molar-refractivity contribution in [3.63, 3.8) is 0 Å². The maximum absolute atomic E-state index is 13.9. The molecule has 0 amide bonds. The fourth-order valence-electron chi connectivity index (χ4n) is 2.29. The summed E-state index contributed by atoms with van der Waals surface area (Å²) in [7, 11) is 0. The zero-order chi connectivity index (χ0) is 14.2. The Hall–Kier alpha value is -1.74. The maximum Gasteiger partial charge on any atom is 0.132 e. The maximum atomic E-state index is 13.9. The van der Waals surface area contributed by atoms with Crippen molar-refractivity contribution >= 4 is 0 Å². The van der Waals surface area contributed by atoms with Gasteiger partial charge >= 0.3 is 0 Å². The van der Waals surface area contributed by atoms with Crippen molar-refractivity contribution in [2.24, 2.45) is 0 Å². The van der Waals surface area contributed by atoms with Gasteiger partial charge in [0, 0.05) is 11.6 Å². The molecule has 2 aromatic rings. The Morgan fingerprint density at radius 3 is 2.26 bits per heavy atom. The first-order valence-corrected chi connectivity index (χ1v) is 6.08. The lowest BCUT2D eigenvalue weighted by molar-refractivity contribution is 0.0971. The molecule has 1 unspecified atom stereocenters. The van der Waals surface area contributed by atoms with Gasteiger partial charge in [-0.2, -0.15) is 0 Å². The molecule has 0 spiro atoms. The molecule has 1 atom stereocenters. The molecule has 3 heteroatoms. The van der Waals surface area contributed by atoms with Crippen LogP contribution in [0.2, 0.25) is 0 Å². The van der Waals surface area contributed by atoms with E-state index in [1.165, 1.54) is 13.0 Å². The van der Waals surface area contributed by atoms with E-state index in [4.69, 9.17) is 0 Å². The Labute approximate surface area is 111 Å². The van der Waals surface area contributed by atoms with Crippen LogP contribution in [0.25, 0.3) is 0 Å². The van der Waals surface area contributed by atoms with E-state index in [0.717, 1.165) is 23.3 Å². The summed E-state index contributed by atoms with van der Waals surface area (Å²) >= 11 is 0. The molecule has 19 heavy (non-hydrogen) atoms. The van der Waals surface area contributed by atoms with Gasteiger partial charge in [-0.1, -0.05) is 23.8 Å². The first kappa shape index (κ1) is 13.7. The summed E-state index contributed by atoms with van der Waals surface area (Å²) in [6.45, 7) is 5.27. The summed E-state index contributed by atoms with van der Waals surface area (Å²) < 4.78 is 26.8. The Balaban J connectivity index is 2.61. The number of rotatable bonds is 2. The largest absolute Gasteiger partial charge is 0.381 e. The van der Waals surface area contributed by atoms with Crippen LogP contribution >= 0.6 is 0 Å². The Morgan fingerprint density at radius 1 is 0.947 bits per heavy atom. The van der Waals surface area contributed by atoms with E-state index in [9.17, 15) is 13.9 Å². The smallest absolute Gasteiger partial charge is 0.132 e. The van der Waals surface area contributed by atoms with Crippen molar-refractivity contribution in [1.82, 2.24) is 0 Å². The van der Waals surface area contributed by atoms with Crippen LogP contribution in [-0.2, 0) is 5.60 Å². The number of aryl methyl sites for hydroxylation is 2. The zero-order valence-corrected chi connectivity index (χ0v) is 11.2. The molecule has 0 aliphatic rings. The van der Waals surface area contributed by atoms with Crippen LogP contribution < -0.4 is 0 Å². The molecule has 1 N–H and O–H groups in total. The Kier molecular flexibility index (Phi) is 3.42. The highest BCUT2D eigenvalue weighted by atomic mass is 19.1. The SMILES string of the molecule is Cc1ccc(C)c(C(C)(O)c2ccc(F)cc2F)c1. The average molecular weight is 262 g/mol. The molecule has 2 rings (SSSR count). The van der Waals surface area contributed by atoms with Gasteiger partial charge < -0.3 is 5.11 Å². The molecule has 0 aromatic heterocycles. The average Bonchev–Trinajstić information content (AvgIpc) is 2.31. The van der Waals surface area contributed by atoms with Crippen molar-refractivity contribution in [3.8, 4) is 0 Å². The van der Waals surface area contributed by atoms with Gasteiger partial charge in [-0.25, -0.2) is 8.78 Å². The molecular formula is C16H16F2O. The fraction of sp³-hybridized carbons (Fsp3) is 0.250. The van der Waals surface area contributed by atoms with Crippen molar-refractivity contribution in [2.45, 2.75) is 26.4 Å². The first-order chi connectivity index (χ1) is 8.82.